The summed E-state index contributed by atoms with van der Waals surface area (Å²) in [7, 11) is 0. The largest absolute Gasteiger partial charge is 0.434 e. The number of nitrogens with two attached hydrogens (primary N) is 2. The fourth-order valence-corrected chi connectivity index (χ4v) is 6.06. The van der Waals surface area contributed by atoms with Crippen LogP contribution >= 0.6 is 11.8 Å². The quantitative estimate of drug-likeness (QED) is 0.580. The molecule has 0 bridgehead atoms. The Bertz CT molecular complexity index is 1160. The smallest absolute Gasteiger partial charge is 0.381 e. The molecule has 1 aliphatic heterocycles. The molecule has 4 N–H and O–H groups in total. The van der Waals surface area contributed by atoms with Crippen molar-refractivity contribution in [1.82, 2.24) is 15.0 Å². The molecule has 172 valence electrons. The zero-order valence-electron chi connectivity index (χ0n) is 17.7. The summed E-state index contributed by atoms with van der Waals surface area (Å²) >= 11 is 0.816. The molecule has 2 aromatic heterocycles. The molecular formula is C23H23F3N6S. The van der Waals surface area contributed by atoms with E-state index in [2.05, 4.69) is 32.0 Å². The number of nitrogens with zero attached hydrogens (tertiary/aromatic N) is 4. The maximum atomic E-state index is 13.3. The molecule has 6 nitrogen and oxygen atoms in total. The van der Waals surface area contributed by atoms with E-state index in [1.54, 1.807) is 6.20 Å². The van der Waals surface area contributed by atoms with E-state index in [1.807, 2.05) is 18.2 Å². The molecule has 2 fully saturated rings. The number of hydrogen-bond donors (Lipinski definition) is 2. The van der Waals surface area contributed by atoms with Gasteiger partial charge in [-0.3, -0.25) is 4.98 Å². The van der Waals surface area contributed by atoms with Gasteiger partial charge in [-0.2, -0.15) is 13.2 Å². The molecule has 2 aliphatic rings. The number of fused-ring (bicyclic) bond motifs is 1. The average Bonchev–Trinajstić information content (AvgIpc) is 3.48. The highest BCUT2D eigenvalue weighted by Crippen LogP contribution is 2.63. The molecule has 3 unspecified atom stereocenters. The summed E-state index contributed by atoms with van der Waals surface area (Å²) in [6, 6.07) is 13.2. The van der Waals surface area contributed by atoms with Gasteiger partial charge in [0, 0.05) is 36.1 Å². The Kier molecular flexibility index (Phi) is 5.44. The van der Waals surface area contributed by atoms with Gasteiger partial charge >= 0.3 is 6.18 Å². The Balaban J connectivity index is 1.34. The molecule has 0 amide bonds. The maximum absolute atomic E-state index is 13.3. The van der Waals surface area contributed by atoms with Crippen LogP contribution in [0.3, 0.4) is 0 Å². The van der Waals surface area contributed by atoms with Crippen molar-refractivity contribution in [2.45, 2.75) is 27.9 Å². The molecular weight excluding hydrogens is 449 g/mol. The van der Waals surface area contributed by atoms with Gasteiger partial charge in [-0.25, -0.2) is 9.97 Å². The zero-order chi connectivity index (χ0) is 23.2. The summed E-state index contributed by atoms with van der Waals surface area (Å²) < 4.78 is 39.8. The molecule has 1 saturated carbocycles. The Morgan fingerprint density at radius 1 is 1.09 bits per heavy atom. The van der Waals surface area contributed by atoms with E-state index in [0.29, 0.717) is 24.2 Å². The lowest BCUT2D eigenvalue weighted by atomic mass is 9.91. The van der Waals surface area contributed by atoms with Gasteiger partial charge in [0.2, 0.25) is 0 Å². The lowest BCUT2D eigenvalue weighted by Crippen LogP contribution is -2.32. The van der Waals surface area contributed by atoms with E-state index in [9.17, 15) is 13.2 Å². The molecule has 1 aromatic carbocycles. The van der Waals surface area contributed by atoms with Crippen molar-refractivity contribution in [1.29, 1.82) is 0 Å². The Morgan fingerprint density at radius 3 is 2.58 bits per heavy atom. The first kappa shape index (κ1) is 22.0. The number of pyridine rings is 1. The van der Waals surface area contributed by atoms with E-state index in [4.69, 9.17) is 11.5 Å². The standard InChI is InChI=1S/C23H23F3N6S/c24-23(25,26)19-17(7-4-9-29-19)33-21-20(28)31-18(11-30-21)32-10-8-15-16(12-32)22(15,13-27)14-5-2-1-3-6-14/h1-7,9,11,15-16H,8,10,12-13,27H2,(H2,28,31). The number of anilines is 2. The molecule has 3 heterocycles. The third kappa shape index (κ3) is 3.80. The molecule has 1 aliphatic carbocycles. The first-order chi connectivity index (χ1) is 15.8. The monoisotopic (exact) mass is 472 g/mol. The third-order valence-corrected chi connectivity index (χ3v) is 7.85. The fourth-order valence-electron chi connectivity index (χ4n) is 5.19. The summed E-state index contributed by atoms with van der Waals surface area (Å²) in [5, 5.41) is 0.221. The van der Waals surface area contributed by atoms with E-state index in [-0.39, 0.29) is 21.2 Å². The highest BCUT2D eigenvalue weighted by atomic mass is 32.2. The fraction of sp³-hybridized carbons (Fsp3) is 0.348. The van der Waals surface area contributed by atoms with Gasteiger partial charge in [-0.15, -0.1) is 0 Å². The number of rotatable bonds is 5. The number of alkyl halides is 3. The predicted octanol–water partition coefficient (Wildman–Crippen LogP) is 3.98. The van der Waals surface area contributed by atoms with Crippen LogP contribution < -0.4 is 16.4 Å². The Hall–Kier alpha value is -2.85. The topological polar surface area (TPSA) is 94.0 Å². The van der Waals surface area contributed by atoms with Crippen LogP contribution in [0.15, 0.2) is 64.8 Å². The average molecular weight is 473 g/mol. The Labute approximate surface area is 193 Å². The van der Waals surface area contributed by atoms with Gasteiger partial charge in [0.1, 0.15) is 10.8 Å². The van der Waals surface area contributed by atoms with Gasteiger partial charge in [0.05, 0.1) is 6.20 Å². The molecule has 0 spiro atoms. The van der Waals surface area contributed by atoms with E-state index < -0.39 is 11.9 Å². The SMILES string of the molecule is NCC1(c2ccccc2)C2CCN(c3cnc(Sc4cccnc4C(F)(F)F)c(N)n3)CC21. The van der Waals surface area contributed by atoms with Crippen LogP contribution in [0.1, 0.15) is 17.7 Å². The lowest BCUT2D eigenvalue weighted by molar-refractivity contribution is -0.143. The molecule has 0 radical (unpaired) electrons. The van der Waals surface area contributed by atoms with Gasteiger partial charge < -0.3 is 16.4 Å². The van der Waals surface area contributed by atoms with Gasteiger partial charge in [-0.05, 0) is 36.0 Å². The minimum Gasteiger partial charge on any atom is -0.381 e. The van der Waals surface area contributed by atoms with Crippen LogP contribution in [0.5, 0.6) is 0 Å². The molecule has 3 atom stereocenters. The molecule has 5 rings (SSSR count). The van der Waals surface area contributed by atoms with Gasteiger partial charge in [0.25, 0.3) is 0 Å². The second-order valence-corrected chi connectivity index (χ2v) is 9.46. The van der Waals surface area contributed by atoms with Crippen LogP contribution in [-0.4, -0.2) is 34.6 Å². The Morgan fingerprint density at radius 2 is 1.88 bits per heavy atom. The van der Waals surface area contributed by atoms with Gasteiger partial charge in [-0.1, -0.05) is 42.1 Å². The van der Waals surface area contributed by atoms with Crippen LogP contribution in [-0.2, 0) is 11.6 Å². The minimum absolute atomic E-state index is 0.0148. The molecule has 10 heteroatoms. The van der Waals surface area contributed by atoms with E-state index >= 15 is 0 Å². The normalized spacial score (nSPS) is 24.4. The first-order valence-electron chi connectivity index (χ1n) is 10.7. The van der Waals surface area contributed by atoms with Crippen LogP contribution in [0.2, 0.25) is 0 Å². The molecule has 33 heavy (non-hydrogen) atoms. The number of halogens is 3. The van der Waals surface area contributed by atoms with E-state index in [0.717, 1.165) is 37.5 Å². The number of benzene rings is 1. The first-order valence-corrected chi connectivity index (χ1v) is 11.5. The lowest BCUT2D eigenvalue weighted by Gasteiger charge is -2.27. The van der Waals surface area contributed by atoms with Crippen molar-refractivity contribution in [3.63, 3.8) is 0 Å². The van der Waals surface area contributed by atoms with Crippen molar-refractivity contribution in [3.05, 3.63) is 66.1 Å². The highest BCUT2D eigenvalue weighted by Gasteiger charge is 2.65. The summed E-state index contributed by atoms with van der Waals surface area (Å²) in [5.74, 6) is 1.68. The summed E-state index contributed by atoms with van der Waals surface area (Å²) in [6.07, 6.45) is -0.880. The third-order valence-electron chi connectivity index (χ3n) is 6.80. The summed E-state index contributed by atoms with van der Waals surface area (Å²) in [6.45, 7) is 2.19. The number of aromatic nitrogens is 3. The van der Waals surface area contributed by atoms with Crippen LogP contribution in [0, 0.1) is 11.8 Å². The van der Waals surface area contributed by atoms with Crippen molar-refractivity contribution < 1.29 is 13.2 Å². The summed E-state index contributed by atoms with van der Waals surface area (Å²) in [4.78, 5) is 14.4. The minimum atomic E-state index is -4.56. The zero-order valence-corrected chi connectivity index (χ0v) is 18.5. The highest BCUT2D eigenvalue weighted by molar-refractivity contribution is 7.99. The van der Waals surface area contributed by atoms with Crippen molar-refractivity contribution >= 4 is 23.4 Å². The van der Waals surface area contributed by atoms with Crippen molar-refractivity contribution in [2.24, 2.45) is 17.6 Å². The second kappa shape index (κ2) is 8.18. The van der Waals surface area contributed by atoms with Crippen LogP contribution in [0.4, 0.5) is 24.8 Å². The predicted molar refractivity (Wildman–Crippen MR) is 121 cm³/mol. The number of piperidine rings is 1. The number of hydrogen-bond acceptors (Lipinski definition) is 7. The van der Waals surface area contributed by atoms with Crippen LogP contribution in [0.25, 0.3) is 0 Å². The van der Waals surface area contributed by atoms with E-state index in [1.165, 1.54) is 17.7 Å². The van der Waals surface area contributed by atoms with Crippen molar-refractivity contribution in [3.8, 4) is 0 Å². The second-order valence-electron chi connectivity index (χ2n) is 8.43. The summed E-state index contributed by atoms with van der Waals surface area (Å²) in [5.41, 5.74) is 12.7. The van der Waals surface area contributed by atoms with Crippen molar-refractivity contribution in [2.75, 3.05) is 30.3 Å². The van der Waals surface area contributed by atoms with Gasteiger partial charge in [0.15, 0.2) is 11.5 Å². The maximum Gasteiger partial charge on any atom is 0.434 e. The number of nitrogen functional groups attached to an aromatic ring is 1. The molecule has 1 saturated heterocycles. The molecule has 3 aromatic rings.